The lowest BCUT2D eigenvalue weighted by Gasteiger charge is -2.11. The van der Waals surface area contributed by atoms with Gasteiger partial charge in [-0.1, -0.05) is 36.8 Å². The van der Waals surface area contributed by atoms with Crippen molar-refractivity contribution in [3.05, 3.63) is 47.2 Å². The molecule has 1 rings (SSSR count). The Morgan fingerprint density at radius 1 is 1.43 bits per heavy atom. The summed E-state index contributed by atoms with van der Waals surface area (Å²) in [6.07, 6.45) is 13.7. The van der Waals surface area contributed by atoms with E-state index in [0.717, 1.165) is 25.0 Å². The molecular weight excluding hydrogens is 170 g/mol. The minimum atomic E-state index is 0.901. The van der Waals surface area contributed by atoms with E-state index in [1.54, 1.807) is 0 Å². The average molecular weight is 189 g/mol. The molecule has 0 spiro atoms. The summed E-state index contributed by atoms with van der Waals surface area (Å²) in [7, 11) is 0. The third-order valence-corrected chi connectivity index (χ3v) is 2.38. The Balaban J connectivity index is 2.65. The van der Waals surface area contributed by atoms with Gasteiger partial charge in [0.25, 0.3) is 0 Å². The summed E-state index contributed by atoms with van der Waals surface area (Å²) in [5.41, 5.74) is 9.54. The Morgan fingerprint density at radius 3 is 2.79 bits per heavy atom. The molecule has 1 heteroatoms. The summed E-state index contributed by atoms with van der Waals surface area (Å²) < 4.78 is 0. The monoisotopic (exact) mass is 189 g/mol. The molecule has 0 bridgehead atoms. The van der Waals surface area contributed by atoms with Crippen molar-refractivity contribution in [1.29, 1.82) is 0 Å². The van der Waals surface area contributed by atoms with Crippen LogP contribution < -0.4 is 5.73 Å². The molecule has 0 aromatic heterocycles. The fourth-order valence-electron chi connectivity index (χ4n) is 1.40. The van der Waals surface area contributed by atoms with Gasteiger partial charge in [-0.3, -0.25) is 0 Å². The molecule has 2 N–H and O–H groups in total. The third kappa shape index (κ3) is 3.25. The second-order valence-corrected chi connectivity index (χ2v) is 3.66. The Kier molecular flexibility index (Phi) is 4.24. The van der Waals surface area contributed by atoms with E-state index in [4.69, 9.17) is 5.73 Å². The molecule has 0 aromatic carbocycles. The number of allylic oxidation sites excluding steroid dienone is 7. The summed E-state index contributed by atoms with van der Waals surface area (Å²) in [4.78, 5) is 0. The highest BCUT2D eigenvalue weighted by molar-refractivity contribution is 5.37. The Bertz CT molecular complexity index is 303. The standard InChI is InChI=1S/C13H19N/c1-3-4-5-6-13(14)12-9-7-11(2)8-10-12/h4-7,9H,3,8,10,14H2,1-2H3/b5-4-,13-6-. The molecule has 0 saturated heterocycles. The molecule has 0 heterocycles. The first kappa shape index (κ1) is 10.8. The predicted octanol–water partition coefficient (Wildman–Crippen LogP) is 3.46. The van der Waals surface area contributed by atoms with Crippen LogP contribution in [0.2, 0.25) is 0 Å². The second kappa shape index (κ2) is 5.48. The topological polar surface area (TPSA) is 26.0 Å². The van der Waals surface area contributed by atoms with Crippen LogP contribution in [0, 0.1) is 0 Å². The smallest absolute Gasteiger partial charge is 0.0346 e. The highest BCUT2D eigenvalue weighted by Crippen LogP contribution is 2.21. The van der Waals surface area contributed by atoms with Crippen molar-refractivity contribution in [3.63, 3.8) is 0 Å². The zero-order chi connectivity index (χ0) is 10.4. The van der Waals surface area contributed by atoms with E-state index in [1.807, 2.05) is 12.2 Å². The van der Waals surface area contributed by atoms with Gasteiger partial charge in [-0.25, -0.2) is 0 Å². The van der Waals surface area contributed by atoms with Crippen molar-refractivity contribution in [1.82, 2.24) is 0 Å². The van der Waals surface area contributed by atoms with Crippen molar-refractivity contribution in [2.45, 2.75) is 33.1 Å². The number of hydrogen-bond acceptors (Lipinski definition) is 1. The summed E-state index contributed by atoms with van der Waals surface area (Å²) in [6.45, 7) is 4.27. The fourth-order valence-corrected chi connectivity index (χ4v) is 1.40. The van der Waals surface area contributed by atoms with Gasteiger partial charge in [0.2, 0.25) is 0 Å². The molecule has 0 aromatic rings. The van der Waals surface area contributed by atoms with Crippen molar-refractivity contribution >= 4 is 0 Å². The summed E-state index contributed by atoms with van der Waals surface area (Å²) in [5, 5.41) is 0. The van der Waals surface area contributed by atoms with E-state index in [9.17, 15) is 0 Å². The van der Waals surface area contributed by atoms with Crippen LogP contribution in [0.4, 0.5) is 0 Å². The third-order valence-electron chi connectivity index (χ3n) is 2.38. The van der Waals surface area contributed by atoms with Crippen LogP contribution in [-0.2, 0) is 0 Å². The quantitative estimate of drug-likeness (QED) is 0.676. The maximum absolute atomic E-state index is 5.95. The molecule has 0 atom stereocenters. The van der Waals surface area contributed by atoms with Gasteiger partial charge in [-0.05, 0) is 37.8 Å². The number of hydrogen-bond donors (Lipinski definition) is 1. The molecule has 0 saturated carbocycles. The van der Waals surface area contributed by atoms with Gasteiger partial charge in [-0.2, -0.15) is 0 Å². The Hall–Kier alpha value is -1.24. The zero-order valence-electron chi connectivity index (χ0n) is 9.09. The molecule has 0 unspecified atom stereocenters. The predicted molar refractivity (Wildman–Crippen MR) is 62.8 cm³/mol. The Labute approximate surface area is 86.7 Å². The van der Waals surface area contributed by atoms with E-state index in [1.165, 1.54) is 11.1 Å². The molecule has 1 aliphatic carbocycles. The van der Waals surface area contributed by atoms with Crippen LogP contribution in [-0.4, -0.2) is 0 Å². The average Bonchev–Trinajstić information content (AvgIpc) is 2.19. The van der Waals surface area contributed by atoms with Crippen LogP contribution in [0.25, 0.3) is 0 Å². The van der Waals surface area contributed by atoms with Crippen LogP contribution in [0.15, 0.2) is 47.2 Å². The van der Waals surface area contributed by atoms with Gasteiger partial charge < -0.3 is 5.73 Å². The van der Waals surface area contributed by atoms with Crippen molar-refractivity contribution < 1.29 is 0 Å². The van der Waals surface area contributed by atoms with E-state index < -0.39 is 0 Å². The number of rotatable bonds is 3. The van der Waals surface area contributed by atoms with Crippen LogP contribution in [0.5, 0.6) is 0 Å². The van der Waals surface area contributed by atoms with Crippen LogP contribution in [0.1, 0.15) is 33.1 Å². The van der Waals surface area contributed by atoms with E-state index in [2.05, 4.69) is 32.1 Å². The molecule has 1 nitrogen and oxygen atoms in total. The number of nitrogens with two attached hydrogens (primary N) is 1. The maximum atomic E-state index is 5.95. The van der Waals surface area contributed by atoms with E-state index in [-0.39, 0.29) is 0 Å². The first-order valence-corrected chi connectivity index (χ1v) is 5.23. The summed E-state index contributed by atoms with van der Waals surface area (Å²) >= 11 is 0. The minimum absolute atomic E-state index is 0.901. The maximum Gasteiger partial charge on any atom is 0.0346 e. The lowest BCUT2D eigenvalue weighted by Crippen LogP contribution is -2.03. The molecule has 76 valence electrons. The van der Waals surface area contributed by atoms with E-state index in [0.29, 0.717) is 0 Å². The first-order valence-electron chi connectivity index (χ1n) is 5.23. The molecule has 14 heavy (non-hydrogen) atoms. The van der Waals surface area contributed by atoms with Gasteiger partial charge in [-0.15, -0.1) is 0 Å². The highest BCUT2D eigenvalue weighted by atomic mass is 14.6. The molecule has 0 aliphatic heterocycles. The lowest BCUT2D eigenvalue weighted by atomic mass is 9.97. The van der Waals surface area contributed by atoms with E-state index >= 15 is 0 Å². The highest BCUT2D eigenvalue weighted by Gasteiger charge is 2.04. The van der Waals surface area contributed by atoms with Crippen LogP contribution in [0.3, 0.4) is 0 Å². The van der Waals surface area contributed by atoms with Gasteiger partial charge in [0.1, 0.15) is 0 Å². The fraction of sp³-hybridized carbons (Fsp3) is 0.385. The largest absolute Gasteiger partial charge is 0.399 e. The Morgan fingerprint density at radius 2 is 2.21 bits per heavy atom. The summed E-state index contributed by atoms with van der Waals surface area (Å²) in [5.74, 6) is 0. The molecule has 0 radical (unpaired) electrons. The van der Waals surface area contributed by atoms with Crippen molar-refractivity contribution in [3.8, 4) is 0 Å². The normalized spacial score (nSPS) is 18.3. The van der Waals surface area contributed by atoms with Gasteiger partial charge in [0, 0.05) is 5.70 Å². The van der Waals surface area contributed by atoms with Gasteiger partial charge in [0.15, 0.2) is 0 Å². The summed E-state index contributed by atoms with van der Waals surface area (Å²) in [6, 6.07) is 0. The molecule has 1 aliphatic rings. The first-order chi connectivity index (χ1) is 6.74. The molecule has 0 amide bonds. The van der Waals surface area contributed by atoms with Crippen molar-refractivity contribution in [2.75, 3.05) is 0 Å². The molecule has 0 fully saturated rings. The van der Waals surface area contributed by atoms with Crippen molar-refractivity contribution in [2.24, 2.45) is 5.73 Å². The van der Waals surface area contributed by atoms with Crippen LogP contribution >= 0.6 is 0 Å². The van der Waals surface area contributed by atoms with Gasteiger partial charge in [0.05, 0.1) is 0 Å². The molecular formula is C13H19N. The zero-order valence-corrected chi connectivity index (χ0v) is 9.09. The SMILES string of the molecule is CC/C=C\C=C(/N)C1=CC=C(C)CC1. The second-order valence-electron chi connectivity index (χ2n) is 3.66. The van der Waals surface area contributed by atoms with Gasteiger partial charge >= 0.3 is 0 Å². The minimum Gasteiger partial charge on any atom is -0.399 e. The lowest BCUT2D eigenvalue weighted by molar-refractivity contribution is 0.908.